The van der Waals surface area contributed by atoms with E-state index in [9.17, 15) is 18.0 Å². The Balaban J connectivity index is 2.60. The fourth-order valence-electron chi connectivity index (χ4n) is 1.78. The molecule has 2 aromatic rings. The van der Waals surface area contributed by atoms with E-state index in [2.05, 4.69) is 0 Å². The highest BCUT2D eigenvalue weighted by Gasteiger charge is 2.21. The summed E-state index contributed by atoms with van der Waals surface area (Å²) in [5.74, 6) is -3.46. The summed E-state index contributed by atoms with van der Waals surface area (Å²) in [5.41, 5.74) is 3.98. The number of methoxy groups -OCH3 is 1. The number of carbonyl (C=O) groups is 1. The van der Waals surface area contributed by atoms with Gasteiger partial charge in [-0.25, -0.2) is 13.2 Å². The fraction of sp³-hybridized carbons (Fsp3) is 0.0714. The normalized spacial score (nSPS) is 10.4. The lowest BCUT2D eigenvalue weighted by Gasteiger charge is -2.09. The van der Waals surface area contributed by atoms with E-state index >= 15 is 0 Å². The zero-order valence-corrected chi connectivity index (χ0v) is 10.4. The minimum atomic E-state index is -1.05. The van der Waals surface area contributed by atoms with Crippen LogP contribution in [0.5, 0.6) is 5.75 Å². The Morgan fingerprint density at radius 1 is 1.05 bits per heavy atom. The van der Waals surface area contributed by atoms with E-state index in [-0.39, 0.29) is 11.3 Å². The molecule has 0 bridgehead atoms. The van der Waals surface area contributed by atoms with Crippen molar-refractivity contribution in [1.29, 1.82) is 0 Å². The van der Waals surface area contributed by atoms with Crippen molar-refractivity contribution in [2.75, 3.05) is 12.8 Å². The smallest absolute Gasteiger partial charge is 0.199 e. The van der Waals surface area contributed by atoms with Crippen LogP contribution in [0.25, 0.3) is 0 Å². The SMILES string of the molecule is COc1ccc(F)cc1C(=O)c1cc(F)cc(N)c1F. The zero-order valence-electron chi connectivity index (χ0n) is 10.4. The average Bonchev–Trinajstić information content (AvgIpc) is 2.42. The predicted molar refractivity (Wildman–Crippen MR) is 67.2 cm³/mol. The van der Waals surface area contributed by atoms with Gasteiger partial charge in [0.25, 0.3) is 0 Å². The van der Waals surface area contributed by atoms with Gasteiger partial charge in [0.2, 0.25) is 0 Å². The molecule has 0 aromatic heterocycles. The van der Waals surface area contributed by atoms with Gasteiger partial charge < -0.3 is 10.5 Å². The molecule has 104 valence electrons. The van der Waals surface area contributed by atoms with Crippen molar-refractivity contribution in [2.45, 2.75) is 0 Å². The quantitative estimate of drug-likeness (QED) is 0.695. The van der Waals surface area contributed by atoms with Crippen molar-refractivity contribution in [1.82, 2.24) is 0 Å². The first-order valence-corrected chi connectivity index (χ1v) is 5.56. The van der Waals surface area contributed by atoms with Gasteiger partial charge >= 0.3 is 0 Å². The van der Waals surface area contributed by atoms with Gasteiger partial charge in [-0.3, -0.25) is 4.79 Å². The first-order valence-electron chi connectivity index (χ1n) is 5.56. The second-order valence-electron chi connectivity index (χ2n) is 4.03. The number of hydrogen-bond donors (Lipinski definition) is 1. The summed E-state index contributed by atoms with van der Waals surface area (Å²) >= 11 is 0. The van der Waals surface area contributed by atoms with Crippen LogP contribution in [0.15, 0.2) is 30.3 Å². The van der Waals surface area contributed by atoms with E-state index in [0.29, 0.717) is 6.07 Å². The van der Waals surface area contributed by atoms with E-state index in [0.717, 1.165) is 18.2 Å². The van der Waals surface area contributed by atoms with Crippen LogP contribution >= 0.6 is 0 Å². The van der Waals surface area contributed by atoms with Gasteiger partial charge in [-0.1, -0.05) is 0 Å². The van der Waals surface area contributed by atoms with E-state index < -0.39 is 34.5 Å². The number of hydrogen-bond acceptors (Lipinski definition) is 3. The highest BCUT2D eigenvalue weighted by Crippen LogP contribution is 2.26. The maximum atomic E-state index is 13.8. The summed E-state index contributed by atoms with van der Waals surface area (Å²) in [7, 11) is 1.28. The maximum absolute atomic E-state index is 13.8. The van der Waals surface area contributed by atoms with Gasteiger partial charge in [0.05, 0.1) is 23.9 Å². The Morgan fingerprint density at radius 2 is 1.70 bits per heavy atom. The Labute approximate surface area is 112 Å². The van der Waals surface area contributed by atoms with Gasteiger partial charge in [0.15, 0.2) is 11.6 Å². The Kier molecular flexibility index (Phi) is 3.65. The fourth-order valence-corrected chi connectivity index (χ4v) is 1.78. The molecule has 2 aromatic carbocycles. The van der Waals surface area contributed by atoms with E-state index in [1.54, 1.807) is 0 Å². The summed E-state index contributed by atoms with van der Waals surface area (Å²) < 4.78 is 45.2. The average molecular weight is 281 g/mol. The molecule has 0 spiro atoms. The molecule has 0 atom stereocenters. The third-order valence-electron chi connectivity index (χ3n) is 2.72. The van der Waals surface area contributed by atoms with Gasteiger partial charge in [0.1, 0.15) is 17.4 Å². The van der Waals surface area contributed by atoms with E-state index in [1.807, 2.05) is 0 Å². The van der Waals surface area contributed by atoms with Crippen molar-refractivity contribution in [3.05, 3.63) is 58.9 Å². The number of carbonyl (C=O) groups excluding carboxylic acids is 1. The van der Waals surface area contributed by atoms with Gasteiger partial charge in [-0.2, -0.15) is 0 Å². The van der Waals surface area contributed by atoms with Crippen molar-refractivity contribution in [3.8, 4) is 5.75 Å². The molecule has 0 radical (unpaired) electrons. The number of ether oxygens (including phenoxy) is 1. The minimum absolute atomic E-state index is 0.0543. The van der Waals surface area contributed by atoms with Crippen LogP contribution in [0.2, 0.25) is 0 Å². The van der Waals surface area contributed by atoms with Crippen molar-refractivity contribution in [2.24, 2.45) is 0 Å². The summed E-state index contributed by atoms with van der Waals surface area (Å²) in [6.45, 7) is 0. The monoisotopic (exact) mass is 281 g/mol. The largest absolute Gasteiger partial charge is 0.496 e. The molecular formula is C14H10F3NO2. The number of ketones is 1. The predicted octanol–water partition coefficient (Wildman–Crippen LogP) is 2.93. The Morgan fingerprint density at radius 3 is 2.35 bits per heavy atom. The first-order chi connectivity index (χ1) is 9.43. The summed E-state index contributed by atoms with van der Waals surface area (Å²) in [6.07, 6.45) is 0. The van der Waals surface area contributed by atoms with Crippen LogP contribution < -0.4 is 10.5 Å². The number of nitrogen functional groups attached to an aromatic ring is 1. The standard InChI is InChI=1S/C14H10F3NO2/c1-20-12-3-2-7(15)4-9(12)14(19)10-5-8(16)6-11(18)13(10)17/h2-6H,18H2,1H3. The molecule has 0 saturated heterocycles. The molecule has 2 N–H and O–H groups in total. The molecule has 2 rings (SSSR count). The van der Waals surface area contributed by atoms with Crippen LogP contribution in [-0.4, -0.2) is 12.9 Å². The van der Waals surface area contributed by atoms with Crippen LogP contribution in [0.1, 0.15) is 15.9 Å². The lowest BCUT2D eigenvalue weighted by molar-refractivity contribution is 0.103. The van der Waals surface area contributed by atoms with Crippen molar-refractivity contribution < 1.29 is 22.7 Å². The van der Waals surface area contributed by atoms with E-state index in [4.69, 9.17) is 10.5 Å². The lowest BCUT2D eigenvalue weighted by atomic mass is 10.0. The first kappa shape index (κ1) is 13.9. The number of anilines is 1. The molecule has 0 heterocycles. The molecule has 0 saturated carbocycles. The number of rotatable bonds is 3. The van der Waals surface area contributed by atoms with E-state index in [1.165, 1.54) is 13.2 Å². The summed E-state index contributed by atoms with van der Waals surface area (Å²) in [6, 6.07) is 4.67. The molecule has 0 aliphatic heterocycles. The molecular weight excluding hydrogens is 271 g/mol. The Bertz CT molecular complexity index is 686. The van der Waals surface area contributed by atoms with Gasteiger partial charge in [-0.15, -0.1) is 0 Å². The molecule has 0 amide bonds. The van der Waals surface area contributed by atoms with Crippen LogP contribution in [0.3, 0.4) is 0 Å². The van der Waals surface area contributed by atoms with Crippen molar-refractivity contribution in [3.63, 3.8) is 0 Å². The summed E-state index contributed by atoms with van der Waals surface area (Å²) in [4.78, 5) is 12.2. The highest BCUT2D eigenvalue weighted by molar-refractivity contribution is 6.11. The Hall–Kier alpha value is -2.50. The molecule has 0 fully saturated rings. The second kappa shape index (κ2) is 5.24. The third-order valence-corrected chi connectivity index (χ3v) is 2.72. The number of halogens is 3. The number of nitrogens with two attached hydrogens (primary N) is 1. The highest BCUT2D eigenvalue weighted by atomic mass is 19.1. The van der Waals surface area contributed by atoms with Crippen LogP contribution in [-0.2, 0) is 0 Å². The molecule has 20 heavy (non-hydrogen) atoms. The second-order valence-corrected chi connectivity index (χ2v) is 4.03. The van der Waals surface area contributed by atoms with Gasteiger partial charge in [0, 0.05) is 0 Å². The third kappa shape index (κ3) is 2.45. The molecule has 3 nitrogen and oxygen atoms in total. The van der Waals surface area contributed by atoms with Crippen LogP contribution in [0, 0.1) is 17.5 Å². The van der Waals surface area contributed by atoms with Crippen LogP contribution in [0.4, 0.5) is 18.9 Å². The maximum Gasteiger partial charge on any atom is 0.199 e. The summed E-state index contributed by atoms with van der Waals surface area (Å²) in [5, 5.41) is 0. The topological polar surface area (TPSA) is 52.3 Å². The molecule has 6 heteroatoms. The zero-order chi connectivity index (χ0) is 14.9. The number of benzene rings is 2. The van der Waals surface area contributed by atoms with Crippen molar-refractivity contribution >= 4 is 11.5 Å². The molecule has 0 aliphatic carbocycles. The molecule has 0 aliphatic rings. The molecule has 0 unspecified atom stereocenters. The lowest BCUT2D eigenvalue weighted by Crippen LogP contribution is -2.09. The van der Waals surface area contributed by atoms with Gasteiger partial charge in [-0.05, 0) is 30.3 Å². The minimum Gasteiger partial charge on any atom is -0.496 e.